The number of alkyl halides is 3. The van der Waals surface area contributed by atoms with Crippen molar-refractivity contribution >= 4 is 5.91 Å². The van der Waals surface area contributed by atoms with E-state index in [0.29, 0.717) is 30.9 Å². The first kappa shape index (κ1) is 17.3. The number of carbonyl (C=O) groups is 1. The topological polar surface area (TPSA) is 41.1 Å². The second-order valence-electron chi connectivity index (χ2n) is 6.96. The molecule has 2 aliphatic rings. The molecule has 3 rings (SSSR count). The summed E-state index contributed by atoms with van der Waals surface area (Å²) in [6.07, 6.45) is -0.393. The molecule has 3 nitrogen and oxygen atoms in total. The van der Waals surface area contributed by atoms with Crippen molar-refractivity contribution in [2.24, 2.45) is 5.92 Å². The third kappa shape index (κ3) is 3.43. The fourth-order valence-corrected chi connectivity index (χ4v) is 3.69. The van der Waals surface area contributed by atoms with Crippen LogP contribution in [0.15, 0.2) is 24.3 Å². The van der Waals surface area contributed by atoms with Gasteiger partial charge in [-0.25, -0.2) is 0 Å². The molecule has 0 spiro atoms. The number of rotatable bonds is 4. The van der Waals surface area contributed by atoms with Crippen molar-refractivity contribution in [1.82, 2.24) is 10.6 Å². The predicted octanol–water partition coefficient (Wildman–Crippen LogP) is 3.24. The van der Waals surface area contributed by atoms with Crippen LogP contribution < -0.4 is 10.6 Å². The van der Waals surface area contributed by atoms with Gasteiger partial charge in [-0.05, 0) is 24.5 Å². The molecule has 1 saturated heterocycles. The van der Waals surface area contributed by atoms with E-state index in [1.807, 2.05) is 0 Å². The van der Waals surface area contributed by atoms with Crippen LogP contribution in [0.2, 0.25) is 0 Å². The quantitative estimate of drug-likeness (QED) is 0.883. The lowest BCUT2D eigenvalue weighted by atomic mass is 9.68. The van der Waals surface area contributed by atoms with E-state index in [2.05, 4.69) is 10.6 Å². The van der Waals surface area contributed by atoms with Crippen LogP contribution in [0.1, 0.15) is 43.2 Å². The third-order valence-electron chi connectivity index (χ3n) is 5.30. The second kappa shape index (κ2) is 6.75. The number of halogens is 3. The maximum absolute atomic E-state index is 13.1. The van der Waals surface area contributed by atoms with Crippen molar-refractivity contribution in [2.75, 3.05) is 19.6 Å². The summed E-state index contributed by atoms with van der Waals surface area (Å²) in [5.41, 5.74) is -1.00. The van der Waals surface area contributed by atoms with Crippen LogP contribution in [0, 0.1) is 5.92 Å². The third-order valence-corrected chi connectivity index (χ3v) is 5.30. The van der Waals surface area contributed by atoms with Crippen LogP contribution in [0.3, 0.4) is 0 Å². The summed E-state index contributed by atoms with van der Waals surface area (Å²) in [6.45, 7) is 2.36. The Bertz CT molecular complexity index is 590. The van der Waals surface area contributed by atoms with E-state index < -0.39 is 17.2 Å². The Morgan fingerprint density at radius 2 is 1.92 bits per heavy atom. The fraction of sp³-hybridized carbons (Fsp3) is 0.611. The van der Waals surface area contributed by atoms with Gasteiger partial charge in [0.25, 0.3) is 0 Å². The van der Waals surface area contributed by atoms with E-state index in [-0.39, 0.29) is 5.91 Å². The Morgan fingerprint density at radius 3 is 2.50 bits per heavy atom. The first-order valence-electron chi connectivity index (χ1n) is 8.58. The number of amides is 1. The van der Waals surface area contributed by atoms with Crippen LogP contribution in [-0.4, -0.2) is 25.5 Å². The highest BCUT2D eigenvalue weighted by Gasteiger charge is 2.42. The fourth-order valence-electron chi connectivity index (χ4n) is 3.69. The zero-order chi connectivity index (χ0) is 17.2. The van der Waals surface area contributed by atoms with Crippen molar-refractivity contribution < 1.29 is 18.0 Å². The Hall–Kier alpha value is -1.56. The van der Waals surface area contributed by atoms with Gasteiger partial charge in [0.2, 0.25) is 5.91 Å². The minimum atomic E-state index is -4.39. The van der Waals surface area contributed by atoms with E-state index >= 15 is 0 Å². The largest absolute Gasteiger partial charge is 0.416 e. The molecule has 0 atom stereocenters. The van der Waals surface area contributed by atoms with Gasteiger partial charge in [-0.3, -0.25) is 4.79 Å². The van der Waals surface area contributed by atoms with Crippen molar-refractivity contribution in [2.45, 2.75) is 43.7 Å². The Morgan fingerprint density at radius 1 is 1.21 bits per heavy atom. The second-order valence-corrected chi connectivity index (χ2v) is 6.96. The molecule has 1 saturated carbocycles. The van der Waals surface area contributed by atoms with Crippen molar-refractivity contribution in [1.29, 1.82) is 0 Å². The lowest BCUT2D eigenvalue weighted by molar-refractivity contribution is -0.138. The molecule has 2 fully saturated rings. The molecule has 1 aliphatic heterocycles. The molecule has 132 valence electrons. The van der Waals surface area contributed by atoms with Crippen LogP contribution in [0.5, 0.6) is 0 Å². The molecule has 0 bridgehead atoms. The van der Waals surface area contributed by atoms with E-state index in [1.54, 1.807) is 6.07 Å². The molecule has 2 N–H and O–H groups in total. The summed E-state index contributed by atoms with van der Waals surface area (Å²) in [4.78, 5) is 12.9. The SMILES string of the molecule is O=C(NCC1CNC1)C1(c2cccc(C(F)(F)F)c2)CCCCC1. The van der Waals surface area contributed by atoms with E-state index in [9.17, 15) is 18.0 Å². The molecule has 1 aromatic rings. The number of benzene rings is 1. The van der Waals surface area contributed by atoms with Gasteiger partial charge >= 0.3 is 6.18 Å². The molecule has 0 unspecified atom stereocenters. The minimum absolute atomic E-state index is 0.117. The van der Waals surface area contributed by atoms with Crippen molar-refractivity contribution in [3.05, 3.63) is 35.4 Å². The first-order chi connectivity index (χ1) is 11.4. The van der Waals surface area contributed by atoms with Crippen molar-refractivity contribution in [3.8, 4) is 0 Å². The van der Waals surface area contributed by atoms with Gasteiger partial charge in [0.15, 0.2) is 0 Å². The molecule has 24 heavy (non-hydrogen) atoms. The summed E-state index contributed by atoms with van der Waals surface area (Å²) in [5, 5.41) is 6.15. The number of carbonyl (C=O) groups excluding carboxylic acids is 1. The highest BCUT2D eigenvalue weighted by atomic mass is 19.4. The smallest absolute Gasteiger partial charge is 0.355 e. The molecule has 1 aromatic carbocycles. The molecule has 6 heteroatoms. The van der Waals surface area contributed by atoms with Gasteiger partial charge in [-0.15, -0.1) is 0 Å². The molecule has 1 heterocycles. The van der Waals surface area contributed by atoms with Gasteiger partial charge in [0, 0.05) is 25.6 Å². The van der Waals surface area contributed by atoms with Crippen LogP contribution >= 0.6 is 0 Å². The average Bonchev–Trinajstić information content (AvgIpc) is 2.53. The minimum Gasteiger partial charge on any atom is -0.355 e. The average molecular weight is 340 g/mol. The molecule has 0 radical (unpaired) electrons. The Balaban J connectivity index is 1.86. The van der Waals surface area contributed by atoms with Crippen molar-refractivity contribution in [3.63, 3.8) is 0 Å². The Kier molecular flexibility index (Phi) is 4.85. The van der Waals surface area contributed by atoms with Crippen LogP contribution in [0.25, 0.3) is 0 Å². The highest BCUT2D eigenvalue weighted by Crippen LogP contribution is 2.41. The van der Waals surface area contributed by atoms with E-state index in [4.69, 9.17) is 0 Å². The van der Waals surface area contributed by atoms with Gasteiger partial charge in [-0.2, -0.15) is 13.2 Å². The van der Waals surface area contributed by atoms with Crippen LogP contribution in [-0.2, 0) is 16.4 Å². The zero-order valence-electron chi connectivity index (χ0n) is 13.6. The maximum Gasteiger partial charge on any atom is 0.416 e. The molecular formula is C18H23F3N2O. The lowest BCUT2D eigenvalue weighted by Crippen LogP contribution is -2.52. The summed E-state index contributed by atoms with van der Waals surface area (Å²) in [5.74, 6) is 0.310. The zero-order valence-corrected chi connectivity index (χ0v) is 13.6. The molecular weight excluding hydrogens is 317 g/mol. The molecule has 1 aliphatic carbocycles. The van der Waals surface area contributed by atoms with Crippen LogP contribution in [0.4, 0.5) is 13.2 Å². The summed E-state index contributed by atoms with van der Waals surface area (Å²) < 4.78 is 39.2. The number of hydrogen-bond acceptors (Lipinski definition) is 2. The maximum atomic E-state index is 13.1. The summed E-state index contributed by atoms with van der Waals surface area (Å²) in [7, 11) is 0. The van der Waals surface area contributed by atoms with Gasteiger partial charge < -0.3 is 10.6 Å². The van der Waals surface area contributed by atoms with Gasteiger partial charge in [-0.1, -0.05) is 37.5 Å². The number of hydrogen-bond donors (Lipinski definition) is 2. The standard InChI is InChI=1S/C18H23F3N2O/c19-18(20,21)15-6-4-5-14(9-15)17(7-2-1-3-8-17)16(24)23-12-13-10-22-11-13/h4-6,9,13,22H,1-3,7-8,10-12H2,(H,23,24). The monoisotopic (exact) mass is 340 g/mol. The summed E-state index contributed by atoms with van der Waals surface area (Å²) >= 11 is 0. The van der Waals surface area contributed by atoms with Gasteiger partial charge in [0.1, 0.15) is 0 Å². The van der Waals surface area contributed by atoms with Gasteiger partial charge in [0.05, 0.1) is 11.0 Å². The normalized spacial score (nSPS) is 21.1. The lowest BCUT2D eigenvalue weighted by Gasteiger charge is -2.38. The molecule has 0 aromatic heterocycles. The summed E-state index contributed by atoms with van der Waals surface area (Å²) in [6, 6.07) is 5.32. The Labute approximate surface area is 140 Å². The number of nitrogens with one attached hydrogen (secondary N) is 2. The first-order valence-corrected chi connectivity index (χ1v) is 8.58. The van der Waals surface area contributed by atoms with E-state index in [0.717, 1.165) is 44.5 Å². The highest BCUT2D eigenvalue weighted by molar-refractivity contribution is 5.88. The van der Waals surface area contributed by atoms with E-state index in [1.165, 1.54) is 6.07 Å². The molecule has 1 amide bonds. The predicted molar refractivity (Wildman–Crippen MR) is 85.6 cm³/mol.